The average molecular weight is 346 g/mol. The lowest BCUT2D eigenvalue weighted by Gasteiger charge is -2.18. The SMILES string of the molecule is CCCCCCC(CCCCCC)c1cn(CC)nc1C(F)(F)F. The number of nitrogens with zero attached hydrogens (tertiary/aromatic N) is 2. The quantitative estimate of drug-likeness (QED) is 0.375. The maximum absolute atomic E-state index is 13.4. The van der Waals surface area contributed by atoms with Crippen molar-refractivity contribution < 1.29 is 13.2 Å². The molecule has 0 radical (unpaired) electrons. The molecule has 0 N–H and O–H groups in total. The molecule has 5 heteroatoms. The van der Waals surface area contributed by atoms with E-state index < -0.39 is 11.9 Å². The van der Waals surface area contributed by atoms with Crippen LogP contribution in [0.15, 0.2) is 6.20 Å². The highest BCUT2D eigenvalue weighted by Crippen LogP contribution is 2.38. The summed E-state index contributed by atoms with van der Waals surface area (Å²) in [6.45, 7) is 6.60. The van der Waals surface area contributed by atoms with E-state index in [2.05, 4.69) is 18.9 Å². The fourth-order valence-corrected chi connectivity index (χ4v) is 3.21. The highest BCUT2D eigenvalue weighted by Gasteiger charge is 2.38. The summed E-state index contributed by atoms with van der Waals surface area (Å²) >= 11 is 0. The Kier molecular flexibility index (Phi) is 9.45. The lowest BCUT2D eigenvalue weighted by molar-refractivity contribution is -0.142. The molecule has 0 aliphatic rings. The minimum Gasteiger partial charge on any atom is -0.272 e. The molecule has 0 aliphatic carbocycles. The summed E-state index contributed by atoms with van der Waals surface area (Å²) in [4.78, 5) is 0. The second-order valence-corrected chi connectivity index (χ2v) is 6.68. The number of hydrogen-bond acceptors (Lipinski definition) is 1. The van der Waals surface area contributed by atoms with E-state index in [1.807, 2.05) is 6.92 Å². The Balaban J connectivity index is 2.88. The van der Waals surface area contributed by atoms with Crippen LogP contribution in [0, 0.1) is 0 Å². The van der Waals surface area contributed by atoms with Crippen molar-refractivity contribution in [3.8, 4) is 0 Å². The summed E-state index contributed by atoms with van der Waals surface area (Å²) in [7, 11) is 0. The van der Waals surface area contributed by atoms with Crippen LogP contribution in [0.5, 0.6) is 0 Å². The zero-order chi connectivity index (χ0) is 18.0. The van der Waals surface area contributed by atoms with Gasteiger partial charge in [0, 0.05) is 18.3 Å². The van der Waals surface area contributed by atoms with E-state index in [0.29, 0.717) is 12.1 Å². The third-order valence-electron chi connectivity index (χ3n) is 4.63. The second kappa shape index (κ2) is 10.8. The van der Waals surface area contributed by atoms with Crippen molar-refractivity contribution >= 4 is 0 Å². The maximum Gasteiger partial charge on any atom is 0.435 e. The van der Waals surface area contributed by atoms with Gasteiger partial charge in [0.25, 0.3) is 0 Å². The zero-order valence-corrected chi connectivity index (χ0v) is 15.5. The first-order chi connectivity index (χ1) is 11.4. The van der Waals surface area contributed by atoms with Crippen LogP contribution in [0.25, 0.3) is 0 Å². The van der Waals surface area contributed by atoms with Gasteiger partial charge in [0.15, 0.2) is 5.69 Å². The predicted molar refractivity (Wildman–Crippen MR) is 93.2 cm³/mol. The van der Waals surface area contributed by atoms with E-state index in [4.69, 9.17) is 0 Å². The molecular formula is C19H33F3N2. The monoisotopic (exact) mass is 346 g/mol. The third-order valence-corrected chi connectivity index (χ3v) is 4.63. The van der Waals surface area contributed by atoms with Crippen molar-refractivity contribution in [1.82, 2.24) is 9.78 Å². The standard InChI is InChI=1S/C19H33F3N2/c1-4-7-9-11-13-16(14-12-10-8-5-2)17-15-24(6-3)23-18(17)19(20,21)22/h15-16H,4-14H2,1-3H3. The Morgan fingerprint density at radius 2 is 1.46 bits per heavy atom. The number of rotatable bonds is 12. The number of halogens is 3. The predicted octanol–water partition coefficient (Wildman–Crippen LogP) is 6.95. The van der Waals surface area contributed by atoms with Crippen molar-refractivity contribution in [3.05, 3.63) is 17.5 Å². The molecule has 0 aliphatic heterocycles. The maximum atomic E-state index is 13.4. The Bertz CT molecular complexity index is 440. The molecule has 24 heavy (non-hydrogen) atoms. The first kappa shape index (κ1) is 21.0. The van der Waals surface area contributed by atoms with Gasteiger partial charge in [-0.2, -0.15) is 18.3 Å². The van der Waals surface area contributed by atoms with Crippen molar-refractivity contribution in [2.75, 3.05) is 0 Å². The molecule has 1 aromatic heterocycles. The van der Waals surface area contributed by atoms with Gasteiger partial charge >= 0.3 is 6.18 Å². The van der Waals surface area contributed by atoms with Gasteiger partial charge in [-0.1, -0.05) is 65.2 Å². The highest BCUT2D eigenvalue weighted by atomic mass is 19.4. The molecule has 0 spiro atoms. The summed E-state index contributed by atoms with van der Waals surface area (Å²) in [5.74, 6) is -0.0179. The molecule has 0 saturated heterocycles. The van der Waals surface area contributed by atoms with E-state index >= 15 is 0 Å². The first-order valence-electron chi connectivity index (χ1n) is 9.58. The van der Waals surface area contributed by atoms with Crippen LogP contribution in [0.3, 0.4) is 0 Å². The smallest absolute Gasteiger partial charge is 0.272 e. The van der Waals surface area contributed by atoms with E-state index in [1.165, 1.54) is 4.68 Å². The van der Waals surface area contributed by atoms with Crippen molar-refractivity contribution in [1.29, 1.82) is 0 Å². The number of aryl methyl sites for hydroxylation is 1. The topological polar surface area (TPSA) is 17.8 Å². The fraction of sp³-hybridized carbons (Fsp3) is 0.842. The van der Waals surface area contributed by atoms with Crippen LogP contribution in [-0.2, 0) is 12.7 Å². The van der Waals surface area contributed by atoms with Crippen LogP contribution in [0.2, 0.25) is 0 Å². The zero-order valence-electron chi connectivity index (χ0n) is 15.5. The lowest BCUT2D eigenvalue weighted by Crippen LogP contribution is -2.12. The van der Waals surface area contributed by atoms with Crippen molar-refractivity contribution in [2.45, 2.75) is 104 Å². The largest absolute Gasteiger partial charge is 0.435 e. The molecule has 1 rings (SSSR count). The number of alkyl halides is 3. The Labute approximate surface area is 144 Å². The van der Waals surface area contributed by atoms with E-state index in [0.717, 1.165) is 64.2 Å². The molecule has 1 heterocycles. The second-order valence-electron chi connectivity index (χ2n) is 6.68. The van der Waals surface area contributed by atoms with Gasteiger partial charge in [-0.15, -0.1) is 0 Å². The molecule has 1 aromatic rings. The molecule has 140 valence electrons. The number of unbranched alkanes of at least 4 members (excludes halogenated alkanes) is 6. The summed E-state index contributed by atoms with van der Waals surface area (Å²) in [5.41, 5.74) is -0.252. The van der Waals surface area contributed by atoms with Gasteiger partial charge in [-0.25, -0.2) is 0 Å². The van der Waals surface area contributed by atoms with Crippen LogP contribution in [0.1, 0.15) is 102 Å². The first-order valence-corrected chi connectivity index (χ1v) is 9.58. The summed E-state index contributed by atoms with van der Waals surface area (Å²) < 4.78 is 41.5. The fourth-order valence-electron chi connectivity index (χ4n) is 3.21. The van der Waals surface area contributed by atoms with Crippen LogP contribution in [-0.4, -0.2) is 9.78 Å². The lowest BCUT2D eigenvalue weighted by atomic mass is 9.88. The van der Waals surface area contributed by atoms with Gasteiger partial charge in [0.2, 0.25) is 0 Å². The minimum absolute atomic E-state index is 0.0179. The van der Waals surface area contributed by atoms with Gasteiger partial charge < -0.3 is 0 Å². The van der Waals surface area contributed by atoms with Gasteiger partial charge in [-0.05, 0) is 25.7 Å². The van der Waals surface area contributed by atoms with Crippen LogP contribution < -0.4 is 0 Å². The van der Waals surface area contributed by atoms with Gasteiger partial charge in [0.1, 0.15) is 0 Å². The summed E-state index contributed by atoms with van der Waals surface area (Å²) in [6, 6.07) is 0. The molecule has 0 aromatic carbocycles. The highest BCUT2D eigenvalue weighted by molar-refractivity contribution is 5.24. The van der Waals surface area contributed by atoms with Crippen molar-refractivity contribution in [2.24, 2.45) is 0 Å². The molecule has 0 amide bonds. The minimum atomic E-state index is -4.36. The Morgan fingerprint density at radius 1 is 0.917 bits per heavy atom. The normalized spacial score (nSPS) is 12.3. The van der Waals surface area contributed by atoms with Gasteiger partial charge in [0.05, 0.1) is 0 Å². The molecule has 0 saturated carbocycles. The average Bonchev–Trinajstić information content (AvgIpc) is 2.98. The Morgan fingerprint density at radius 3 is 1.88 bits per heavy atom. The summed E-state index contributed by atoms with van der Waals surface area (Å²) in [5, 5.41) is 3.80. The van der Waals surface area contributed by atoms with Crippen LogP contribution >= 0.6 is 0 Å². The number of hydrogen-bond donors (Lipinski definition) is 0. The third kappa shape index (κ3) is 6.86. The molecule has 0 atom stereocenters. The van der Waals surface area contributed by atoms with Crippen LogP contribution in [0.4, 0.5) is 13.2 Å². The van der Waals surface area contributed by atoms with E-state index in [1.54, 1.807) is 6.20 Å². The van der Waals surface area contributed by atoms with E-state index in [-0.39, 0.29) is 5.92 Å². The van der Waals surface area contributed by atoms with Gasteiger partial charge in [-0.3, -0.25) is 4.68 Å². The number of aromatic nitrogens is 2. The molecule has 0 fully saturated rings. The molecule has 2 nitrogen and oxygen atoms in total. The Hall–Kier alpha value is -1.00. The molecule has 0 unspecified atom stereocenters. The summed E-state index contributed by atoms with van der Waals surface area (Å²) in [6.07, 6.45) is 7.75. The van der Waals surface area contributed by atoms with E-state index in [9.17, 15) is 13.2 Å². The molecule has 0 bridgehead atoms. The molecular weight excluding hydrogens is 313 g/mol. The van der Waals surface area contributed by atoms with Crippen molar-refractivity contribution in [3.63, 3.8) is 0 Å².